The highest BCUT2D eigenvalue weighted by molar-refractivity contribution is 5.84. The Morgan fingerprint density at radius 2 is 2.05 bits per heavy atom. The fourth-order valence-corrected chi connectivity index (χ4v) is 5.63. The van der Waals surface area contributed by atoms with Crippen LogP contribution in [0.3, 0.4) is 0 Å². The summed E-state index contributed by atoms with van der Waals surface area (Å²) in [4.78, 5) is 15.1. The van der Waals surface area contributed by atoms with Gasteiger partial charge in [0.1, 0.15) is 0 Å². The molecule has 0 aromatic heterocycles. The maximum Gasteiger partial charge on any atom is 0.241 e. The molecule has 3 aliphatic rings. The number of fused-ring (bicyclic) bond motifs is 2. The molecule has 2 bridgehead atoms. The minimum absolute atomic E-state index is 0.0496. The van der Waals surface area contributed by atoms with Gasteiger partial charge >= 0.3 is 0 Å². The summed E-state index contributed by atoms with van der Waals surface area (Å²) < 4.78 is 0. The van der Waals surface area contributed by atoms with E-state index in [4.69, 9.17) is 0 Å². The smallest absolute Gasteiger partial charge is 0.241 e. The zero-order valence-corrected chi connectivity index (χ0v) is 13.7. The molecule has 1 amide bonds. The third-order valence-corrected chi connectivity index (χ3v) is 6.46. The first-order valence-corrected chi connectivity index (χ1v) is 8.39. The van der Waals surface area contributed by atoms with Crippen LogP contribution in [0.4, 0.5) is 0 Å². The lowest BCUT2D eigenvalue weighted by molar-refractivity contribution is -0.138. The molecule has 3 heteroatoms. The van der Waals surface area contributed by atoms with Crippen molar-refractivity contribution in [2.45, 2.75) is 85.0 Å². The van der Waals surface area contributed by atoms with E-state index in [9.17, 15) is 4.79 Å². The van der Waals surface area contributed by atoms with Gasteiger partial charge in [-0.25, -0.2) is 0 Å². The van der Waals surface area contributed by atoms with Gasteiger partial charge in [0.25, 0.3) is 0 Å². The molecule has 1 heterocycles. The number of amides is 1. The molecule has 1 N–H and O–H groups in total. The molecule has 5 unspecified atom stereocenters. The van der Waals surface area contributed by atoms with Crippen LogP contribution in [0.2, 0.25) is 0 Å². The van der Waals surface area contributed by atoms with E-state index in [0.29, 0.717) is 17.4 Å². The van der Waals surface area contributed by atoms with Crippen molar-refractivity contribution in [2.75, 3.05) is 0 Å². The highest BCUT2D eigenvalue weighted by Crippen LogP contribution is 2.64. The number of carbonyl (C=O) groups is 1. The van der Waals surface area contributed by atoms with Gasteiger partial charge in [-0.15, -0.1) is 0 Å². The van der Waals surface area contributed by atoms with E-state index in [0.717, 1.165) is 18.8 Å². The van der Waals surface area contributed by atoms with Crippen LogP contribution in [0.15, 0.2) is 0 Å². The summed E-state index contributed by atoms with van der Waals surface area (Å²) >= 11 is 0. The summed E-state index contributed by atoms with van der Waals surface area (Å²) in [6, 6.07) is 0.458. The van der Waals surface area contributed by atoms with Crippen molar-refractivity contribution in [1.29, 1.82) is 0 Å². The Balaban J connectivity index is 1.90. The van der Waals surface area contributed by atoms with Gasteiger partial charge in [-0.05, 0) is 49.4 Å². The van der Waals surface area contributed by atoms with Crippen LogP contribution in [-0.4, -0.2) is 29.1 Å². The number of hydrogen-bond donors (Lipinski definition) is 1. The first-order chi connectivity index (χ1) is 9.31. The molecule has 0 spiro atoms. The fourth-order valence-electron chi connectivity index (χ4n) is 5.63. The van der Waals surface area contributed by atoms with Gasteiger partial charge < -0.3 is 4.90 Å². The van der Waals surface area contributed by atoms with Crippen LogP contribution in [0.25, 0.3) is 0 Å². The van der Waals surface area contributed by atoms with E-state index in [-0.39, 0.29) is 17.6 Å². The molecule has 3 nitrogen and oxygen atoms in total. The third kappa shape index (κ3) is 1.78. The van der Waals surface area contributed by atoms with Gasteiger partial charge in [0.05, 0.1) is 12.2 Å². The molecule has 2 saturated carbocycles. The predicted octanol–water partition coefficient (Wildman–Crippen LogP) is 3.15. The van der Waals surface area contributed by atoms with E-state index >= 15 is 0 Å². The van der Waals surface area contributed by atoms with Crippen LogP contribution in [0.1, 0.15) is 66.7 Å². The Kier molecular flexibility index (Phi) is 3.20. The number of nitrogens with one attached hydrogen (secondary N) is 1. The standard InChI is InChI=1S/C17H30N2O/c1-6-7-13-14(20)19(11(2)18-13)15-16(3,4)12-8-9-17(15,5)10-12/h11-13,15,18H,6-10H2,1-5H3. The molecule has 2 aliphatic carbocycles. The lowest BCUT2D eigenvalue weighted by Crippen LogP contribution is -2.56. The Morgan fingerprint density at radius 3 is 2.60 bits per heavy atom. The summed E-state index contributed by atoms with van der Waals surface area (Å²) in [6.45, 7) is 11.5. The molecule has 3 fully saturated rings. The first kappa shape index (κ1) is 14.4. The van der Waals surface area contributed by atoms with Gasteiger partial charge in [-0.2, -0.15) is 0 Å². The minimum Gasteiger partial charge on any atom is -0.322 e. The number of hydrogen-bond acceptors (Lipinski definition) is 2. The highest BCUT2D eigenvalue weighted by Gasteiger charge is 2.63. The molecule has 1 aliphatic heterocycles. The van der Waals surface area contributed by atoms with E-state index in [1.54, 1.807) is 0 Å². The van der Waals surface area contributed by atoms with Crippen molar-refractivity contribution >= 4 is 5.91 Å². The molecule has 20 heavy (non-hydrogen) atoms. The van der Waals surface area contributed by atoms with Crippen molar-refractivity contribution in [3.05, 3.63) is 0 Å². The van der Waals surface area contributed by atoms with Crippen molar-refractivity contribution in [3.8, 4) is 0 Å². The molecule has 5 atom stereocenters. The van der Waals surface area contributed by atoms with E-state index in [1.807, 2.05) is 0 Å². The van der Waals surface area contributed by atoms with Crippen LogP contribution in [0, 0.1) is 16.7 Å². The second-order valence-corrected chi connectivity index (χ2v) is 8.25. The van der Waals surface area contributed by atoms with Crippen molar-refractivity contribution in [1.82, 2.24) is 10.2 Å². The fraction of sp³-hybridized carbons (Fsp3) is 0.941. The van der Waals surface area contributed by atoms with Crippen LogP contribution in [-0.2, 0) is 4.79 Å². The zero-order chi connectivity index (χ0) is 14.7. The Hall–Kier alpha value is -0.570. The molecule has 0 aromatic carbocycles. The van der Waals surface area contributed by atoms with E-state index in [2.05, 4.69) is 44.8 Å². The normalized spacial score (nSPS) is 46.5. The van der Waals surface area contributed by atoms with Gasteiger partial charge in [0.2, 0.25) is 5.91 Å². The lowest BCUT2D eigenvalue weighted by Gasteiger charge is -2.48. The van der Waals surface area contributed by atoms with E-state index < -0.39 is 0 Å². The molecule has 3 rings (SSSR count). The Bertz CT molecular complexity index is 414. The third-order valence-electron chi connectivity index (χ3n) is 6.46. The summed E-state index contributed by atoms with van der Waals surface area (Å²) in [5, 5.41) is 3.52. The van der Waals surface area contributed by atoms with Crippen LogP contribution >= 0.6 is 0 Å². The number of rotatable bonds is 3. The van der Waals surface area contributed by atoms with Crippen molar-refractivity contribution in [3.63, 3.8) is 0 Å². The van der Waals surface area contributed by atoms with Crippen molar-refractivity contribution in [2.24, 2.45) is 16.7 Å². The maximum atomic E-state index is 12.9. The molecule has 114 valence electrons. The van der Waals surface area contributed by atoms with Gasteiger partial charge in [0, 0.05) is 6.04 Å². The van der Waals surface area contributed by atoms with E-state index in [1.165, 1.54) is 19.3 Å². The lowest BCUT2D eigenvalue weighted by atomic mass is 9.67. The van der Waals surface area contributed by atoms with Crippen molar-refractivity contribution < 1.29 is 4.79 Å². The van der Waals surface area contributed by atoms with Gasteiger partial charge in [0.15, 0.2) is 0 Å². The second-order valence-electron chi connectivity index (χ2n) is 8.25. The quantitative estimate of drug-likeness (QED) is 0.860. The van der Waals surface area contributed by atoms with Gasteiger partial charge in [-0.3, -0.25) is 10.1 Å². The highest BCUT2D eigenvalue weighted by atomic mass is 16.2. The Morgan fingerprint density at radius 1 is 1.35 bits per heavy atom. The average Bonchev–Trinajstić information content (AvgIpc) is 2.92. The number of carbonyl (C=O) groups excluding carboxylic acids is 1. The second kappa shape index (κ2) is 4.46. The minimum atomic E-state index is 0.0496. The largest absolute Gasteiger partial charge is 0.322 e. The summed E-state index contributed by atoms with van der Waals surface area (Å²) in [6.07, 6.45) is 6.17. The molecule has 0 aromatic rings. The SMILES string of the molecule is CCCC1NC(C)N(C2C3(C)CCC(C3)C2(C)C)C1=O. The Labute approximate surface area is 123 Å². The average molecular weight is 278 g/mol. The molecular weight excluding hydrogens is 248 g/mol. The monoisotopic (exact) mass is 278 g/mol. The van der Waals surface area contributed by atoms with Crippen LogP contribution in [0.5, 0.6) is 0 Å². The summed E-state index contributed by atoms with van der Waals surface area (Å²) in [5.41, 5.74) is 0.598. The summed E-state index contributed by atoms with van der Waals surface area (Å²) in [7, 11) is 0. The van der Waals surface area contributed by atoms with Gasteiger partial charge in [-0.1, -0.05) is 34.1 Å². The summed E-state index contributed by atoms with van der Waals surface area (Å²) in [5.74, 6) is 1.15. The molecule has 1 saturated heterocycles. The van der Waals surface area contributed by atoms with Crippen LogP contribution < -0.4 is 5.32 Å². The predicted molar refractivity (Wildman–Crippen MR) is 81.2 cm³/mol. The molecule has 0 radical (unpaired) electrons. The molecular formula is C17H30N2O. The maximum absolute atomic E-state index is 12.9. The zero-order valence-electron chi connectivity index (χ0n) is 13.7. The first-order valence-electron chi connectivity index (χ1n) is 8.39. The number of nitrogens with zero attached hydrogens (tertiary/aromatic N) is 1. The topological polar surface area (TPSA) is 32.3 Å².